The molecule has 1 atom stereocenters. The van der Waals surface area contributed by atoms with Crippen molar-refractivity contribution in [2.75, 3.05) is 11.4 Å². The van der Waals surface area contributed by atoms with Crippen molar-refractivity contribution in [2.45, 2.75) is 18.8 Å². The number of hydrogen-bond donors (Lipinski definition) is 0. The summed E-state index contributed by atoms with van der Waals surface area (Å²) >= 11 is 0. The number of fused-ring (bicyclic) bond motifs is 1. The first-order valence-corrected chi connectivity index (χ1v) is 8.85. The lowest BCUT2D eigenvalue weighted by molar-refractivity contribution is -0.120. The minimum Gasteiger partial charge on any atom is -0.469 e. The molecule has 1 aliphatic heterocycles. The number of furan rings is 1. The van der Waals surface area contributed by atoms with E-state index in [0.29, 0.717) is 42.0 Å². The van der Waals surface area contributed by atoms with E-state index in [2.05, 4.69) is 0 Å². The first kappa shape index (κ1) is 17.2. The van der Waals surface area contributed by atoms with E-state index in [9.17, 15) is 14.0 Å². The van der Waals surface area contributed by atoms with Crippen molar-refractivity contribution >= 4 is 17.4 Å². The predicted octanol–water partition coefficient (Wildman–Crippen LogP) is 4.36. The molecule has 1 unspecified atom stereocenters. The third-order valence-corrected chi connectivity index (χ3v) is 4.88. The van der Waals surface area contributed by atoms with Crippen LogP contribution in [0.2, 0.25) is 0 Å². The van der Waals surface area contributed by atoms with Gasteiger partial charge in [0.05, 0.1) is 17.9 Å². The SMILES string of the molecule is O=C1CCN(C(=O)C(Cc2ccco2)c2ccc(F)cc2)c2ccccc21. The second-order valence-corrected chi connectivity index (χ2v) is 6.57. The molecule has 2 aromatic carbocycles. The summed E-state index contributed by atoms with van der Waals surface area (Å²) in [6.07, 6.45) is 2.22. The van der Waals surface area contributed by atoms with Crippen molar-refractivity contribution in [1.82, 2.24) is 0 Å². The molecule has 136 valence electrons. The van der Waals surface area contributed by atoms with Gasteiger partial charge in [-0.2, -0.15) is 0 Å². The summed E-state index contributed by atoms with van der Waals surface area (Å²) in [5.41, 5.74) is 1.91. The van der Waals surface area contributed by atoms with Gasteiger partial charge in [0, 0.05) is 24.9 Å². The highest BCUT2D eigenvalue weighted by Crippen LogP contribution is 2.32. The van der Waals surface area contributed by atoms with Crippen LogP contribution in [0, 0.1) is 5.82 Å². The number of carbonyl (C=O) groups excluding carboxylic acids is 2. The molecular formula is C22H18FNO3. The number of hydrogen-bond acceptors (Lipinski definition) is 3. The lowest BCUT2D eigenvalue weighted by atomic mass is 9.91. The highest BCUT2D eigenvalue weighted by molar-refractivity contribution is 6.10. The fourth-order valence-electron chi connectivity index (χ4n) is 3.50. The molecule has 0 fully saturated rings. The summed E-state index contributed by atoms with van der Waals surface area (Å²) in [6, 6.07) is 16.7. The predicted molar refractivity (Wildman–Crippen MR) is 99.3 cm³/mol. The van der Waals surface area contributed by atoms with Crippen LogP contribution >= 0.6 is 0 Å². The molecule has 0 saturated heterocycles. The number of anilines is 1. The van der Waals surface area contributed by atoms with E-state index in [4.69, 9.17) is 4.42 Å². The molecule has 2 heterocycles. The van der Waals surface area contributed by atoms with Gasteiger partial charge in [0.15, 0.2) is 5.78 Å². The van der Waals surface area contributed by atoms with Gasteiger partial charge in [-0.1, -0.05) is 24.3 Å². The second-order valence-electron chi connectivity index (χ2n) is 6.57. The van der Waals surface area contributed by atoms with Crippen LogP contribution in [-0.4, -0.2) is 18.2 Å². The number of rotatable bonds is 4. The quantitative estimate of drug-likeness (QED) is 0.692. The van der Waals surface area contributed by atoms with E-state index in [-0.39, 0.29) is 17.5 Å². The minimum absolute atomic E-state index is 0.0408. The topological polar surface area (TPSA) is 50.5 Å². The maximum absolute atomic E-state index is 13.5. The Morgan fingerprint density at radius 2 is 1.85 bits per heavy atom. The van der Waals surface area contributed by atoms with Crippen molar-refractivity contribution in [3.63, 3.8) is 0 Å². The summed E-state index contributed by atoms with van der Waals surface area (Å²) in [7, 11) is 0. The van der Waals surface area contributed by atoms with Crippen LogP contribution < -0.4 is 4.90 Å². The van der Waals surface area contributed by atoms with Crippen molar-refractivity contribution < 1.29 is 18.4 Å². The Balaban J connectivity index is 1.71. The average molecular weight is 363 g/mol. The first-order valence-electron chi connectivity index (χ1n) is 8.85. The summed E-state index contributed by atoms with van der Waals surface area (Å²) in [5, 5.41) is 0. The normalized spacial score (nSPS) is 14.7. The summed E-state index contributed by atoms with van der Waals surface area (Å²) in [5.74, 6) is -0.286. The Labute approximate surface area is 156 Å². The van der Waals surface area contributed by atoms with Gasteiger partial charge in [0.25, 0.3) is 0 Å². The van der Waals surface area contributed by atoms with E-state index < -0.39 is 5.92 Å². The maximum Gasteiger partial charge on any atom is 0.235 e. The van der Waals surface area contributed by atoms with Gasteiger partial charge in [-0.05, 0) is 42.0 Å². The fourth-order valence-corrected chi connectivity index (χ4v) is 3.50. The van der Waals surface area contributed by atoms with E-state index in [1.165, 1.54) is 12.1 Å². The van der Waals surface area contributed by atoms with Gasteiger partial charge in [-0.3, -0.25) is 9.59 Å². The Kier molecular flexibility index (Phi) is 4.59. The Morgan fingerprint density at radius 1 is 1.07 bits per heavy atom. The number of Topliss-reactive ketones (excluding diaryl/α,β-unsaturated/α-hetero) is 1. The molecule has 1 amide bonds. The van der Waals surface area contributed by atoms with E-state index in [1.54, 1.807) is 47.6 Å². The molecule has 0 saturated carbocycles. The van der Waals surface area contributed by atoms with Gasteiger partial charge >= 0.3 is 0 Å². The summed E-state index contributed by atoms with van der Waals surface area (Å²) < 4.78 is 18.8. The maximum atomic E-state index is 13.5. The fraction of sp³-hybridized carbons (Fsp3) is 0.182. The molecule has 5 heteroatoms. The minimum atomic E-state index is -0.530. The molecule has 0 bridgehead atoms. The number of ketones is 1. The molecule has 0 aliphatic carbocycles. The zero-order valence-corrected chi connectivity index (χ0v) is 14.6. The number of para-hydroxylation sites is 1. The van der Waals surface area contributed by atoms with Gasteiger partial charge in [0.1, 0.15) is 11.6 Å². The molecule has 4 rings (SSSR count). The molecule has 27 heavy (non-hydrogen) atoms. The molecule has 1 aliphatic rings. The number of halogens is 1. The van der Waals surface area contributed by atoms with Gasteiger partial charge in [0.2, 0.25) is 5.91 Å². The summed E-state index contributed by atoms with van der Waals surface area (Å²) in [6.45, 7) is 0.338. The van der Waals surface area contributed by atoms with Gasteiger partial charge in [-0.15, -0.1) is 0 Å². The molecule has 0 radical (unpaired) electrons. The molecule has 4 nitrogen and oxygen atoms in total. The zero-order valence-electron chi connectivity index (χ0n) is 14.6. The van der Waals surface area contributed by atoms with Gasteiger partial charge in [-0.25, -0.2) is 4.39 Å². The number of nitrogens with zero attached hydrogens (tertiary/aromatic N) is 1. The van der Waals surface area contributed by atoms with Crippen LogP contribution in [0.3, 0.4) is 0 Å². The smallest absolute Gasteiger partial charge is 0.235 e. The van der Waals surface area contributed by atoms with Crippen LogP contribution in [0.4, 0.5) is 10.1 Å². The second kappa shape index (κ2) is 7.19. The summed E-state index contributed by atoms with van der Waals surface area (Å²) in [4.78, 5) is 27.3. The van der Waals surface area contributed by atoms with Crippen LogP contribution in [0.25, 0.3) is 0 Å². The third-order valence-electron chi connectivity index (χ3n) is 4.88. The Morgan fingerprint density at radius 3 is 2.59 bits per heavy atom. The molecular weight excluding hydrogens is 345 g/mol. The van der Waals surface area contributed by atoms with Crippen molar-refractivity contribution in [2.24, 2.45) is 0 Å². The number of carbonyl (C=O) groups is 2. The highest BCUT2D eigenvalue weighted by Gasteiger charge is 2.32. The monoisotopic (exact) mass is 363 g/mol. The lowest BCUT2D eigenvalue weighted by Crippen LogP contribution is -2.40. The van der Waals surface area contributed by atoms with E-state index in [0.717, 1.165) is 0 Å². The molecule has 0 spiro atoms. The zero-order chi connectivity index (χ0) is 18.8. The standard InChI is InChI=1S/C22H18FNO3/c23-16-9-7-15(8-10-16)19(14-17-4-3-13-27-17)22(26)24-12-11-21(25)18-5-1-2-6-20(18)24/h1-10,13,19H,11-12,14H2. The van der Waals surface area contributed by atoms with Crippen LogP contribution in [0.1, 0.15) is 34.0 Å². The van der Waals surface area contributed by atoms with Crippen molar-refractivity contribution in [1.29, 1.82) is 0 Å². The van der Waals surface area contributed by atoms with E-state index in [1.807, 2.05) is 12.1 Å². The number of amides is 1. The van der Waals surface area contributed by atoms with Crippen LogP contribution in [0.15, 0.2) is 71.3 Å². The average Bonchev–Trinajstić information content (AvgIpc) is 3.20. The van der Waals surface area contributed by atoms with Crippen molar-refractivity contribution in [3.05, 3.63) is 89.6 Å². The first-order chi connectivity index (χ1) is 13.1. The van der Waals surface area contributed by atoms with Crippen molar-refractivity contribution in [3.8, 4) is 0 Å². The van der Waals surface area contributed by atoms with Crippen LogP contribution in [-0.2, 0) is 11.2 Å². The highest BCUT2D eigenvalue weighted by atomic mass is 19.1. The third kappa shape index (κ3) is 3.40. The Bertz CT molecular complexity index is 963. The van der Waals surface area contributed by atoms with Gasteiger partial charge < -0.3 is 9.32 Å². The largest absolute Gasteiger partial charge is 0.469 e. The Hall–Kier alpha value is -3.21. The van der Waals surface area contributed by atoms with Crippen LogP contribution in [0.5, 0.6) is 0 Å². The molecule has 3 aromatic rings. The molecule has 1 aromatic heterocycles. The lowest BCUT2D eigenvalue weighted by Gasteiger charge is -2.31. The molecule has 0 N–H and O–H groups in total. The number of benzene rings is 2. The van der Waals surface area contributed by atoms with E-state index >= 15 is 0 Å².